The van der Waals surface area contributed by atoms with Crippen molar-refractivity contribution in [1.82, 2.24) is 0 Å². The van der Waals surface area contributed by atoms with Crippen molar-refractivity contribution in [3.63, 3.8) is 0 Å². The number of benzene rings is 1. The van der Waals surface area contributed by atoms with Gasteiger partial charge < -0.3 is 10.5 Å². The number of ether oxygens (including phenoxy) is 1. The highest BCUT2D eigenvalue weighted by molar-refractivity contribution is 6.30. The van der Waals surface area contributed by atoms with Gasteiger partial charge in [0.05, 0.1) is 5.60 Å². The van der Waals surface area contributed by atoms with E-state index >= 15 is 0 Å². The summed E-state index contributed by atoms with van der Waals surface area (Å²) in [7, 11) is 1.80. The van der Waals surface area contributed by atoms with Crippen molar-refractivity contribution in [3.05, 3.63) is 34.9 Å². The van der Waals surface area contributed by atoms with Crippen LogP contribution in [-0.4, -0.2) is 18.8 Å². The maximum Gasteiger partial charge on any atom is 0.0832 e. The summed E-state index contributed by atoms with van der Waals surface area (Å²) >= 11 is 6.05. The van der Waals surface area contributed by atoms with Crippen LogP contribution in [0.25, 0.3) is 0 Å². The van der Waals surface area contributed by atoms with Crippen molar-refractivity contribution < 1.29 is 4.74 Å². The van der Waals surface area contributed by atoms with E-state index in [1.54, 1.807) is 7.11 Å². The van der Waals surface area contributed by atoms with Crippen LogP contribution >= 0.6 is 11.6 Å². The van der Waals surface area contributed by atoms with Gasteiger partial charge in [-0.3, -0.25) is 0 Å². The monoisotopic (exact) mass is 295 g/mol. The Morgan fingerprint density at radius 3 is 2.45 bits per heavy atom. The lowest BCUT2D eigenvalue weighted by Crippen LogP contribution is -2.53. The molecule has 0 aromatic heterocycles. The third-order valence-electron chi connectivity index (χ3n) is 4.88. The van der Waals surface area contributed by atoms with E-state index in [1.807, 2.05) is 18.2 Å². The SMILES string of the molecule is COC1(C(N)Cc2cccc(Cl)c2)CCC(C)(C)CC1. The fourth-order valence-electron chi connectivity index (χ4n) is 3.18. The number of hydrogen-bond donors (Lipinski definition) is 1. The minimum Gasteiger partial charge on any atom is -0.377 e. The van der Waals surface area contributed by atoms with Gasteiger partial charge in [0.15, 0.2) is 0 Å². The van der Waals surface area contributed by atoms with Gasteiger partial charge in [-0.15, -0.1) is 0 Å². The molecule has 2 nitrogen and oxygen atoms in total. The number of methoxy groups -OCH3 is 1. The minimum absolute atomic E-state index is 0.0158. The number of nitrogens with two attached hydrogens (primary N) is 1. The molecule has 1 unspecified atom stereocenters. The summed E-state index contributed by atoms with van der Waals surface area (Å²) in [5.74, 6) is 0. The Balaban J connectivity index is 2.08. The molecule has 0 radical (unpaired) electrons. The molecule has 1 fully saturated rings. The number of halogens is 1. The fraction of sp³-hybridized carbons (Fsp3) is 0.647. The third-order valence-corrected chi connectivity index (χ3v) is 5.11. The molecule has 20 heavy (non-hydrogen) atoms. The van der Waals surface area contributed by atoms with Crippen LogP contribution in [-0.2, 0) is 11.2 Å². The highest BCUT2D eigenvalue weighted by Gasteiger charge is 2.42. The molecule has 1 aliphatic carbocycles. The van der Waals surface area contributed by atoms with Gasteiger partial charge in [-0.05, 0) is 55.2 Å². The molecule has 112 valence electrons. The normalized spacial score (nSPS) is 22.4. The van der Waals surface area contributed by atoms with E-state index in [2.05, 4.69) is 19.9 Å². The van der Waals surface area contributed by atoms with Crippen LogP contribution in [0.15, 0.2) is 24.3 Å². The van der Waals surface area contributed by atoms with Crippen molar-refractivity contribution in [2.45, 2.75) is 57.6 Å². The predicted molar refractivity (Wildman–Crippen MR) is 85.1 cm³/mol. The van der Waals surface area contributed by atoms with E-state index in [0.29, 0.717) is 5.41 Å². The summed E-state index contributed by atoms with van der Waals surface area (Å²) in [6.07, 6.45) is 5.24. The van der Waals surface area contributed by atoms with Gasteiger partial charge in [0.1, 0.15) is 0 Å². The van der Waals surface area contributed by atoms with Gasteiger partial charge in [-0.25, -0.2) is 0 Å². The van der Waals surface area contributed by atoms with Crippen molar-refractivity contribution in [2.75, 3.05) is 7.11 Å². The topological polar surface area (TPSA) is 35.2 Å². The number of hydrogen-bond acceptors (Lipinski definition) is 2. The van der Waals surface area contributed by atoms with Crippen LogP contribution < -0.4 is 5.73 Å². The molecule has 2 N–H and O–H groups in total. The van der Waals surface area contributed by atoms with Crippen LogP contribution in [0.4, 0.5) is 0 Å². The maximum absolute atomic E-state index is 6.50. The lowest BCUT2D eigenvalue weighted by atomic mass is 9.68. The van der Waals surface area contributed by atoms with Crippen LogP contribution in [0.3, 0.4) is 0 Å². The fourth-order valence-corrected chi connectivity index (χ4v) is 3.39. The molecule has 2 rings (SSSR count). The Morgan fingerprint density at radius 2 is 1.90 bits per heavy atom. The first-order chi connectivity index (χ1) is 9.37. The summed E-state index contributed by atoms with van der Waals surface area (Å²) < 4.78 is 5.88. The van der Waals surface area contributed by atoms with Crippen LogP contribution in [0.2, 0.25) is 5.02 Å². The molecule has 0 amide bonds. The van der Waals surface area contributed by atoms with Crippen LogP contribution in [0.1, 0.15) is 45.1 Å². The van der Waals surface area contributed by atoms with Crippen LogP contribution in [0, 0.1) is 5.41 Å². The van der Waals surface area contributed by atoms with E-state index in [1.165, 1.54) is 18.4 Å². The standard InChI is InChI=1S/C17H26ClNO/c1-16(2)7-9-17(20-3,10-8-16)15(19)12-13-5-4-6-14(18)11-13/h4-6,11,15H,7-10,12,19H2,1-3H3. The second-order valence-corrected chi connectivity index (χ2v) is 7.31. The van der Waals surface area contributed by atoms with E-state index in [4.69, 9.17) is 22.1 Å². The van der Waals surface area contributed by atoms with Crippen molar-refractivity contribution in [3.8, 4) is 0 Å². The molecule has 0 saturated heterocycles. The molecule has 0 bridgehead atoms. The molecule has 0 spiro atoms. The zero-order valence-electron chi connectivity index (χ0n) is 12.8. The average molecular weight is 296 g/mol. The molecule has 1 aromatic rings. The maximum atomic E-state index is 6.50. The smallest absolute Gasteiger partial charge is 0.0832 e. The van der Waals surface area contributed by atoms with Crippen LogP contribution in [0.5, 0.6) is 0 Å². The summed E-state index contributed by atoms with van der Waals surface area (Å²) in [6.45, 7) is 4.66. The van der Waals surface area contributed by atoms with Gasteiger partial charge >= 0.3 is 0 Å². The van der Waals surface area contributed by atoms with E-state index in [-0.39, 0.29) is 11.6 Å². The van der Waals surface area contributed by atoms with E-state index in [9.17, 15) is 0 Å². The zero-order valence-corrected chi connectivity index (χ0v) is 13.5. The first kappa shape index (κ1) is 15.8. The van der Waals surface area contributed by atoms with E-state index in [0.717, 1.165) is 24.3 Å². The molecular formula is C17H26ClNO. The average Bonchev–Trinajstić information content (AvgIpc) is 2.39. The second kappa shape index (κ2) is 6.05. The van der Waals surface area contributed by atoms with Crippen molar-refractivity contribution in [1.29, 1.82) is 0 Å². The lowest BCUT2D eigenvalue weighted by molar-refractivity contribution is -0.0781. The van der Waals surface area contributed by atoms with Gasteiger partial charge in [-0.1, -0.05) is 37.6 Å². The highest BCUT2D eigenvalue weighted by Crippen LogP contribution is 2.43. The Bertz CT molecular complexity index is 448. The predicted octanol–water partition coefficient (Wildman–Crippen LogP) is 4.20. The lowest BCUT2D eigenvalue weighted by Gasteiger charge is -2.46. The molecule has 0 aliphatic heterocycles. The van der Waals surface area contributed by atoms with Gasteiger partial charge in [0.2, 0.25) is 0 Å². The summed E-state index contributed by atoms with van der Waals surface area (Å²) in [5.41, 5.74) is 7.91. The highest BCUT2D eigenvalue weighted by atomic mass is 35.5. The Labute approximate surface area is 127 Å². The quantitative estimate of drug-likeness (QED) is 0.904. The first-order valence-electron chi connectivity index (χ1n) is 7.42. The second-order valence-electron chi connectivity index (χ2n) is 6.87. The molecular weight excluding hydrogens is 270 g/mol. The zero-order chi connectivity index (χ0) is 14.8. The summed E-state index contributed by atoms with van der Waals surface area (Å²) in [4.78, 5) is 0. The molecule has 1 saturated carbocycles. The van der Waals surface area contributed by atoms with Crippen molar-refractivity contribution in [2.24, 2.45) is 11.1 Å². The minimum atomic E-state index is -0.183. The molecule has 3 heteroatoms. The van der Waals surface area contributed by atoms with E-state index < -0.39 is 0 Å². The van der Waals surface area contributed by atoms with Gasteiger partial charge in [0.25, 0.3) is 0 Å². The molecule has 0 heterocycles. The Morgan fingerprint density at radius 1 is 1.25 bits per heavy atom. The summed E-state index contributed by atoms with van der Waals surface area (Å²) in [5, 5.41) is 0.769. The largest absolute Gasteiger partial charge is 0.377 e. The molecule has 1 aliphatic rings. The third kappa shape index (κ3) is 3.55. The number of rotatable bonds is 4. The van der Waals surface area contributed by atoms with Gasteiger partial charge in [0, 0.05) is 18.2 Å². The summed E-state index contributed by atoms with van der Waals surface area (Å²) in [6, 6.07) is 7.97. The van der Waals surface area contributed by atoms with Gasteiger partial charge in [-0.2, -0.15) is 0 Å². The Hall–Kier alpha value is -0.570. The molecule has 1 atom stereocenters. The van der Waals surface area contributed by atoms with Crippen molar-refractivity contribution >= 4 is 11.6 Å². The molecule has 1 aromatic carbocycles. The first-order valence-corrected chi connectivity index (χ1v) is 7.80. The Kier molecular flexibility index (Phi) is 4.78.